The summed E-state index contributed by atoms with van der Waals surface area (Å²) in [5.74, 6) is 0.979. The number of ether oxygens (including phenoxy) is 1. The molecule has 3 fully saturated rings. The minimum Gasteiger partial charge on any atom is -0.380 e. The highest BCUT2D eigenvalue weighted by Crippen LogP contribution is 2.40. The van der Waals surface area contributed by atoms with Gasteiger partial charge < -0.3 is 9.64 Å². The first-order chi connectivity index (χ1) is 7.77. The molecule has 2 nitrogen and oxygen atoms in total. The average Bonchev–Trinajstić information content (AvgIpc) is 2.28. The third-order valence-corrected chi connectivity index (χ3v) is 5.18. The topological polar surface area (TPSA) is 12.5 Å². The van der Waals surface area contributed by atoms with Crippen molar-refractivity contribution in [3.8, 4) is 0 Å². The van der Waals surface area contributed by atoms with E-state index in [-0.39, 0.29) is 0 Å². The Kier molecular flexibility index (Phi) is 2.97. The Bertz CT molecular complexity index is 231. The Balaban J connectivity index is 1.50. The molecule has 92 valence electrons. The molecule has 3 rings (SSSR count). The normalized spacial score (nSPS) is 39.6. The van der Waals surface area contributed by atoms with Crippen molar-refractivity contribution in [3.05, 3.63) is 0 Å². The van der Waals surface area contributed by atoms with E-state index in [0.29, 0.717) is 5.41 Å². The molecule has 1 spiro atoms. The van der Waals surface area contributed by atoms with Gasteiger partial charge in [0.1, 0.15) is 0 Å². The molecule has 3 aliphatic rings. The van der Waals surface area contributed by atoms with Gasteiger partial charge in [0.05, 0.1) is 13.2 Å². The van der Waals surface area contributed by atoms with Crippen molar-refractivity contribution in [1.82, 2.24) is 4.90 Å². The second kappa shape index (κ2) is 4.30. The Hall–Kier alpha value is -0.0800. The molecular formula is C14H25NO. The summed E-state index contributed by atoms with van der Waals surface area (Å²) in [6, 6.07) is 0.912. The summed E-state index contributed by atoms with van der Waals surface area (Å²) in [5, 5.41) is 0. The summed E-state index contributed by atoms with van der Waals surface area (Å²) in [4.78, 5) is 2.77. The van der Waals surface area contributed by atoms with Gasteiger partial charge in [-0.05, 0) is 57.5 Å². The van der Waals surface area contributed by atoms with Gasteiger partial charge in [-0.1, -0.05) is 6.92 Å². The van der Waals surface area contributed by atoms with Crippen molar-refractivity contribution in [2.75, 3.05) is 26.3 Å². The monoisotopic (exact) mass is 223 g/mol. The average molecular weight is 223 g/mol. The van der Waals surface area contributed by atoms with E-state index >= 15 is 0 Å². The fourth-order valence-corrected chi connectivity index (χ4v) is 3.65. The summed E-state index contributed by atoms with van der Waals surface area (Å²) in [6.45, 7) is 7.17. The van der Waals surface area contributed by atoms with Crippen LogP contribution < -0.4 is 0 Å². The Labute approximate surface area is 99.3 Å². The third kappa shape index (κ3) is 2.02. The Morgan fingerprint density at radius 2 is 1.62 bits per heavy atom. The second-order valence-electron chi connectivity index (χ2n) is 6.44. The number of hydrogen-bond donors (Lipinski definition) is 0. The smallest absolute Gasteiger partial charge is 0.0545 e. The van der Waals surface area contributed by atoms with Crippen molar-refractivity contribution in [2.45, 2.75) is 51.5 Å². The standard InChI is InChI=1S/C14H25NO/c1-12-2-4-13(5-3-12)15-8-6-14(7-9-15)10-16-11-14/h12-13H,2-11H2,1H3/t12-,13-. The number of likely N-dealkylation sites (tertiary alicyclic amines) is 1. The molecule has 0 bridgehead atoms. The van der Waals surface area contributed by atoms with Crippen LogP contribution in [0.3, 0.4) is 0 Å². The molecule has 0 aromatic heterocycles. The lowest BCUT2D eigenvalue weighted by molar-refractivity contribution is -0.143. The van der Waals surface area contributed by atoms with Crippen LogP contribution in [0.5, 0.6) is 0 Å². The predicted molar refractivity (Wildman–Crippen MR) is 65.5 cm³/mol. The van der Waals surface area contributed by atoms with Gasteiger partial charge in [-0.2, -0.15) is 0 Å². The summed E-state index contributed by atoms with van der Waals surface area (Å²) >= 11 is 0. The first kappa shape index (κ1) is 11.0. The summed E-state index contributed by atoms with van der Waals surface area (Å²) in [6.07, 6.45) is 8.58. The van der Waals surface area contributed by atoms with Crippen LogP contribution in [-0.4, -0.2) is 37.2 Å². The van der Waals surface area contributed by atoms with Gasteiger partial charge in [0.15, 0.2) is 0 Å². The van der Waals surface area contributed by atoms with Gasteiger partial charge in [0.25, 0.3) is 0 Å². The van der Waals surface area contributed by atoms with E-state index in [9.17, 15) is 0 Å². The zero-order valence-corrected chi connectivity index (χ0v) is 10.6. The molecule has 16 heavy (non-hydrogen) atoms. The van der Waals surface area contributed by atoms with Crippen LogP contribution in [0.25, 0.3) is 0 Å². The van der Waals surface area contributed by atoms with Crippen LogP contribution in [0.4, 0.5) is 0 Å². The SMILES string of the molecule is C[C@H]1CC[C@H](N2CCC3(CC2)COC3)CC1. The lowest BCUT2D eigenvalue weighted by Crippen LogP contribution is -2.53. The lowest BCUT2D eigenvalue weighted by atomic mass is 9.75. The minimum absolute atomic E-state index is 0.610. The van der Waals surface area contributed by atoms with E-state index in [0.717, 1.165) is 25.2 Å². The molecule has 0 amide bonds. The number of hydrogen-bond acceptors (Lipinski definition) is 2. The van der Waals surface area contributed by atoms with Crippen LogP contribution in [0.15, 0.2) is 0 Å². The maximum Gasteiger partial charge on any atom is 0.0545 e. The van der Waals surface area contributed by atoms with Gasteiger partial charge in [-0.25, -0.2) is 0 Å². The summed E-state index contributed by atoms with van der Waals surface area (Å²) < 4.78 is 5.39. The molecule has 2 saturated heterocycles. The first-order valence-corrected chi connectivity index (χ1v) is 7.09. The predicted octanol–water partition coefficient (Wildman–Crippen LogP) is 2.68. The zero-order chi connectivity index (χ0) is 11.0. The van der Waals surface area contributed by atoms with E-state index in [1.807, 2.05) is 0 Å². The van der Waals surface area contributed by atoms with Gasteiger partial charge in [0.2, 0.25) is 0 Å². The maximum atomic E-state index is 5.39. The molecule has 1 saturated carbocycles. The van der Waals surface area contributed by atoms with Crippen molar-refractivity contribution >= 4 is 0 Å². The largest absolute Gasteiger partial charge is 0.380 e. The van der Waals surface area contributed by atoms with Gasteiger partial charge in [-0.15, -0.1) is 0 Å². The molecule has 0 aromatic carbocycles. The summed E-state index contributed by atoms with van der Waals surface area (Å²) in [7, 11) is 0. The van der Waals surface area contributed by atoms with Crippen LogP contribution in [0.2, 0.25) is 0 Å². The molecule has 2 aliphatic heterocycles. The number of rotatable bonds is 1. The molecule has 0 aromatic rings. The van der Waals surface area contributed by atoms with Crippen LogP contribution in [0.1, 0.15) is 45.4 Å². The zero-order valence-electron chi connectivity index (χ0n) is 10.6. The van der Waals surface area contributed by atoms with Crippen molar-refractivity contribution in [3.63, 3.8) is 0 Å². The molecular weight excluding hydrogens is 198 g/mol. The van der Waals surface area contributed by atoms with E-state index in [4.69, 9.17) is 4.74 Å². The van der Waals surface area contributed by atoms with E-state index in [1.54, 1.807) is 0 Å². The van der Waals surface area contributed by atoms with Crippen molar-refractivity contribution in [1.29, 1.82) is 0 Å². The summed E-state index contributed by atoms with van der Waals surface area (Å²) in [5.41, 5.74) is 0.610. The highest BCUT2D eigenvalue weighted by atomic mass is 16.5. The highest BCUT2D eigenvalue weighted by molar-refractivity contribution is 4.92. The molecule has 0 radical (unpaired) electrons. The molecule has 0 atom stereocenters. The minimum atomic E-state index is 0.610. The molecule has 2 heteroatoms. The van der Waals surface area contributed by atoms with Crippen LogP contribution in [-0.2, 0) is 4.74 Å². The number of nitrogens with zero attached hydrogens (tertiary/aromatic N) is 1. The molecule has 0 unspecified atom stereocenters. The Morgan fingerprint density at radius 1 is 1.00 bits per heavy atom. The van der Waals surface area contributed by atoms with Crippen LogP contribution in [0, 0.1) is 11.3 Å². The van der Waals surface area contributed by atoms with Crippen molar-refractivity contribution in [2.24, 2.45) is 11.3 Å². The fraction of sp³-hybridized carbons (Fsp3) is 1.00. The second-order valence-corrected chi connectivity index (χ2v) is 6.44. The quantitative estimate of drug-likeness (QED) is 0.677. The fourth-order valence-electron chi connectivity index (χ4n) is 3.65. The molecule has 2 heterocycles. The van der Waals surface area contributed by atoms with Crippen LogP contribution >= 0.6 is 0 Å². The van der Waals surface area contributed by atoms with Gasteiger partial charge in [-0.3, -0.25) is 0 Å². The van der Waals surface area contributed by atoms with Gasteiger partial charge in [0, 0.05) is 11.5 Å². The van der Waals surface area contributed by atoms with E-state index in [2.05, 4.69) is 11.8 Å². The number of piperidine rings is 1. The van der Waals surface area contributed by atoms with E-state index < -0.39 is 0 Å². The molecule has 1 aliphatic carbocycles. The maximum absolute atomic E-state index is 5.39. The lowest BCUT2D eigenvalue weighted by Gasteiger charge is -2.49. The molecule has 0 N–H and O–H groups in total. The van der Waals surface area contributed by atoms with E-state index in [1.165, 1.54) is 51.6 Å². The first-order valence-electron chi connectivity index (χ1n) is 7.09. The van der Waals surface area contributed by atoms with Gasteiger partial charge >= 0.3 is 0 Å². The highest BCUT2D eigenvalue weighted by Gasteiger charge is 2.42. The Morgan fingerprint density at radius 3 is 2.12 bits per heavy atom. The van der Waals surface area contributed by atoms with Crippen molar-refractivity contribution < 1.29 is 4.74 Å². The third-order valence-electron chi connectivity index (χ3n) is 5.18.